The summed E-state index contributed by atoms with van der Waals surface area (Å²) in [7, 11) is 0. The van der Waals surface area contributed by atoms with Crippen LogP contribution in [0.3, 0.4) is 0 Å². The van der Waals surface area contributed by atoms with E-state index in [0.29, 0.717) is 52.6 Å². The number of carbonyl (C=O) groups is 1. The van der Waals surface area contributed by atoms with Crippen LogP contribution in [0.4, 0.5) is 10.2 Å². The number of pyridine rings is 1. The molecule has 148 valence electrons. The first kappa shape index (κ1) is 20.8. The molecule has 0 aliphatic carbocycles. The van der Waals surface area contributed by atoms with Crippen molar-refractivity contribution in [3.63, 3.8) is 0 Å². The summed E-state index contributed by atoms with van der Waals surface area (Å²) >= 11 is 1.15. The Balaban J connectivity index is 2.09. The number of thioether (sulfide) groups is 1. The van der Waals surface area contributed by atoms with Crippen LogP contribution in [-0.4, -0.2) is 37.4 Å². The number of aromatic nitrogens is 1. The summed E-state index contributed by atoms with van der Waals surface area (Å²) in [6, 6.07) is 10.1. The standard InChI is InChI=1S/C21H20FN5OS/c1-2-16-17(11-23)20(27-9-7-25-8-10-27)26-21(18(16)12-24)29-19(13-28)14-3-5-15(22)6-4-14/h3-6,13,19,25H,2,7-10H2,1H3. The molecule has 0 radical (unpaired) electrons. The van der Waals surface area contributed by atoms with Gasteiger partial charge in [0.05, 0.1) is 16.4 Å². The molecule has 1 unspecified atom stereocenters. The van der Waals surface area contributed by atoms with Crippen LogP contribution >= 0.6 is 11.8 Å². The molecule has 6 nitrogen and oxygen atoms in total. The molecule has 1 aliphatic heterocycles. The highest BCUT2D eigenvalue weighted by Gasteiger charge is 2.25. The molecule has 1 atom stereocenters. The maximum atomic E-state index is 13.2. The van der Waals surface area contributed by atoms with E-state index in [9.17, 15) is 19.7 Å². The predicted molar refractivity (Wildman–Crippen MR) is 109 cm³/mol. The van der Waals surface area contributed by atoms with Crippen LogP contribution in [0.15, 0.2) is 29.3 Å². The fourth-order valence-corrected chi connectivity index (χ4v) is 4.34. The minimum absolute atomic E-state index is 0.321. The van der Waals surface area contributed by atoms with E-state index < -0.39 is 5.25 Å². The highest BCUT2D eigenvalue weighted by molar-refractivity contribution is 8.00. The number of nitrogens with zero attached hydrogens (tertiary/aromatic N) is 4. The third-order valence-electron chi connectivity index (χ3n) is 4.80. The molecule has 3 rings (SSSR count). The van der Waals surface area contributed by atoms with Crippen molar-refractivity contribution in [3.8, 4) is 12.1 Å². The monoisotopic (exact) mass is 409 g/mol. The van der Waals surface area contributed by atoms with Crippen LogP contribution in [-0.2, 0) is 11.2 Å². The highest BCUT2D eigenvalue weighted by atomic mass is 32.2. The lowest BCUT2D eigenvalue weighted by Crippen LogP contribution is -2.44. The Morgan fingerprint density at radius 3 is 2.45 bits per heavy atom. The second-order valence-corrected chi connectivity index (χ2v) is 7.64. The lowest BCUT2D eigenvalue weighted by Gasteiger charge is -2.30. The van der Waals surface area contributed by atoms with Gasteiger partial charge in [0.15, 0.2) is 0 Å². The van der Waals surface area contributed by atoms with E-state index in [1.807, 2.05) is 11.8 Å². The minimum Gasteiger partial charge on any atom is -0.353 e. The zero-order valence-electron chi connectivity index (χ0n) is 16.0. The Morgan fingerprint density at radius 1 is 1.24 bits per heavy atom. The lowest BCUT2D eigenvalue weighted by molar-refractivity contribution is -0.107. The molecular formula is C21H20FN5OS. The zero-order valence-corrected chi connectivity index (χ0v) is 16.8. The van der Waals surface area contributed by atoms with Gasteiger partial charge >= 0.3 is 0 Å². The molecule has 0 saturated carbocycles. The third-order valence-corrected chi connectivity index (χ3v) is 5.96. The summed E-state index contributed by atoms with van der Waals surface area (Å²) in [6.45, 7) is 4.86. The first-order valence-corrected chi connectivity index (χ1v) is 10.2. The van der Waals surface area contributed by atoms with Crippen molar-refractivity contribution in [1.82, 2.24) is 10.3 Å². The first-order chi connectivity index (χ1) is 14.1. The number of nitriles is 2. The van der Waals surface area contributed by atoms with Crippen molar-refractivity contribution in [2.24, 2.45) is 0 Å². The van der Waals surface area contributed by atoms with Crippen LogP contribution < -0.4 is 10.2 Å². The second-order valence-electron chi connectivity index (χ2n) is 6.51. The Morgan fingerprint density at radius 2 is 1.90 bits per heavy atom. The number of aldehydes is 1. The first-order valence-electron chi connectivity index (χ1n) is 9.33. The average Bonchev–Trinajstić information content (AvgIpc) is 2.77. The van der Waals surface area contributed by atoms with Gasteiger partial charge in [-0.1, -0.05) is 30.8 Å². The van der Waals surface area contributed by atoms with Gasteiger partial charge in [0.1, 0.15) is 35.1 Å². The van der Waals surface area contributed by atoms with E-state index in [1.54, 1.807) is 12.1 Å². The van der Waals surface area contributed by atoms with Crippen LogP contribution in [0.1, 0.15) is 34.4 Å². The molecule has 1 saturated heterocycles. The van der Waals surface area contributed by atoms with Crippen LogP contribution in [0.25, 0.3) is 0 Å². The summed E-state index contributed by atoms with van der Waals surface area (Å²) in [4.78, 5) is 18.5. The van der Waals surface area contributed by atoms with E-state index in [4.69, 9.17) is 0 Å². The van der Waals surface area contributed by atoms with E-state index in [-0.39, 0.29) is 5.82 Å². The van der Waals surface area contributed by atoms with Crippen molar-refractivity contribution in [1.29, 1.82) is 10.5 Å². The van der Waals surface area contributed by atoms with Crippen molar-refractivity contribution in [2.45, 2.75) is 23.6 Å². The van der Waals surface area contributed by atoms with Gasteiger partial charge in [0.25, 0.3) is 0 Å². The summed E-state index contributed by atoms with van der Waals surface area (Å²) in [5.41, 5.74) is 2.01. The second kappa shape index (κ2) is 9.51. The number of piperazine rings is 1. The summed E-state index contributed by atoms with van der Waals surface area (Å²) in [5, 5.41) is 22.6. The Kier molecular flexibility index (Phi) is 6.82. The molecule has 0 amide bonds. The van der Waals surface area contributed by atoms with E-state index in [2.05, 4.69) is 22.4 Å². The highest BCUT2D eigenvalue weighted by Crippen LogP contribution is 2.38. The fraction of sp³-hybridized carbons (Fsp3) is 0.333. The SMILES string of the molecule is CCc1c(C#N)c(SC(C=O)c2ccc(F)cc2)nc(N2CCNCC2)c1C#N. The molecule has 0 spiro atoms. The Bertz CT molecular complexity index is 975. The fourth-order valence-electron chi connectivity index (χ4n) is 3.32. The van der Waals surface area contributed by atoms with E-state index in [0.717, 1.165) is 31.1 Å². The van der Waals surface area contributed by atoms with Crippen molar-refractivity contribution >= 4 is 23.9 Å². The number of benzene rings is 1. The van der Waals surface area contributed by atoms with Gasteiger partial charge < -0.3 is 15.0 Å². The Labute approximate surface area is 173 Å². The number of nitrogens with one attached hydrogen (secondary N) is 1. The van der Waals surface area contributed by atoms with Crippen molar-refractivity contribution in [3.05, 3.63) is 52.3 Å². The lowest BCUT2D eigenvalue weighted by atomic mass is 10.0. The smallest absolute Gasteiger partial charge is 0.148 e. The zero-order chi connectivity index (χ0) is 20.8. The molecule has 29 heavy (non-hydrogen) atoms. The maximum Gasteiger partial charge on any atom is 0.148 e. The van der Waals surface area contributed by atoms with Gasteiger partial charge in [-0.25, -0.2) is 9.37 Å². The van der Waals surface area contributed by atoms with Gasteiger partial charge in [-0.15, -0.1) is 0 Å². The summed E-state index contributed by atoms with van der Waals surface area (Å²) < 4.78 is 13.2. The van der Waals surface area contributed by atoms with Gasteiger partial charge in [-0.2, -0.15) is 10.5 Å². The topological polar surface area (TPSA) is 92.8 Å². The van der Waals surface area contributed by atoms with Crippen molar-refractivity contribution < 1.29 is 9.18 Å². The molecule has 0 bridgehead atoms. The van der Waals surface area contributed by atoms with Crippen LogP contribution in [0, 0.1) is 28.5 Å². The number of halogens is 1. The molecule has 1 aromatic heterocycles. The van der Waals surface area contributed by atoms with Gasteiger partial charge in [0.2, 0.25) is 0 Å². The number of rotatable bonds is 6. The number of anilines is 1. The normalized spacial score (nSPS) is 14.7. The van der Waals surface area contributed by atoms with Gasteiger partial charge in [0, 0.05) is 26.2 Å². The summed E-state index contributed by atoms with van der Waals surface area (Å²) in [5.74, 6) is 0.169. The maximum absolute atomic E-state index is 13.2. The molecule has 2 aromatic rings. The largest absolute Gasteiger partial charge is 0.353 e. The van der Waals surface area contributed by atoms with Crippen LogP contribution in [0.2, 0.25) is 0 Å². The quantitative estimate of drug-likeness (QED) is 0.579. The molecular weight excluding hydrogens is 389 g/mol. The Hall–Kier alpha value is -2.94. The third kappa shape index (κ3) is 4.40. The number of carbonyl (C=O) groups excluding carboxylic acids is 1. The van der Waals surface area contributed by atoms with Gasteiger partial charge in [-0.3, -0.25) is 0 Å². The van der Waals surface area contributed by atoms with Crippen LogP contribution in [0.5, 0.6) is 0 Å². The average molecular weight is 409 g/mol. The van der Waals surface area contributed by atoms with E-state index >= 15 is 0 Å². The molecule has 1 aliphatic rings. The molecule has 2 heterocycles. The van der Waals surface area contributed by atoms with Crippen molar-refractivity contribution in [2.75, 3.05) is 31.1 Å². The van der Waals surface area contributed by atoms with Gasteiger partial charge in [-0.05, 0) is 29.7 Å². The van der Waals surface area contributed by atoms with E-state index in [1.165, 1.54) is 12.1 Å². The minimum atomic E-state index is -0.635. The predicted octanol–water partition coefficient (Wildman–Crippen LogP) is 2.97. The molecule has 1 N–H and O–H groups in total. The molecule has 8 heteroatoms. The number of hydrogen-bond acceptors (Lipinski definition) is 7. The molecule has 1 fully saturated rings. The molecule has 1 aromatic carbocycles. The number of hydrogen-bond donors (Lipinski definition) is 1. The summed E-state index contributed by atoms with van der Waals surface area (Å²) in [6.07, 6.45) is 1.26.